The second-order valence-corrected chi connectivity index (χ2v) is 7.43. The molecule has 1 fully saturated rings. The highest BCUT2D eigenvalue weighted by atomic mass is 35.5. The van der Waals surface area contributed by atoms with Crippen molar-refractivity contribution in [3.8, 4) is 0 Å². The third-order valence-electron chi connectivity index (χ3n) is 4.79. The SMILES string of the molecule is CCCC1(CCC)NC(=O)N(CC(=O)OCC(=O)Nc2cccc(Cl)c2C)C1=O. The molecule has 0 unspecified atom stereocenters. The van der Waals surface area contributed by atoms with E-state index in [0.29, 0.717) is 42.0 Å². The lowest BCUT2D eigenvalue weighted by molar-refractivity contribution is -0.150. The van der Waals surface area contributed by atoms with E-state index in [4.69, 9.17) is 16.3 Å². The lowest BCUT2D eigenvalue weighted by atomic mass is 9.88. The second-order valence-electron chi connectivity index (χ2n) is 7.02. The first-order valence-corrected chi connectivity index (χ1v) is 9.96. The summed E-state index contributed by atoms with van der Waals surface area (Å²) < 4.78 is 4.93. The van der Waals surface area contributed by atoms with Gasteiger partial charge in [-0.1, -0.05) is 44.4 Å². The Bertz CT molecular complexity index is 805. The fraction of sp³-hybridized carbons (Fsp3) is 0.500. The molecule has 1 aliphatic heterocycles. The van der Waals surface area contributed by atoms with Crippen molar-refractivity contribution < 1.29 is 23.9 Å². The van der Waals surface area contributed by atoms with E-state index in [-0.39, 0.29) is 0 Å². The predicted molar refractivity (Wildman–Crippen MR) is 109 cm³/mol. The number of amides is 4. The van der Waals surface area contributed by atoms with Crippen molar-refractivity contribution in [2.24, 2.45) is 0 Å². The summed E-state index contributed by atoms with van der Waals surface area (Å²) in [6.07, 6.45) is 2.43. The molecule has 1 aromatic rings. The molecule has 1 saturated heterocycles. The Morgan fingerprint density at radius 3 is 2.48 bits per heavy atom. The van der Waals surface area contributed by atoms with Gasteiger partial charge in [0, 0.05) is 10.7 Å². The number of carbonyl (C=O) groups is 4. The number of esters is 1. The Balaban J connectivity index is 1.91. The molecule has 1 aliphatic rings. The molecule has 2 rings (SSSR count). The maximum Gasteiger partial charge on any atom is 0.326 e. The van der Waals surface area contributed by atoms with Gasteiger partial charge in [-0.25, -0.2) is 4.79 Å². The van der Waals surface area contributed by atoms with Crippen LogP contribution in [0.2, 0.25) is 5.02 Å². The van der Waals surface area contributed by atoms with Gasteiger partial charge in [-0.15, -0.1) is 0 Å². The number of carbonyl (C=O) groups excluding carboxylic acids is 4. The van der Waals surface area contributed by atoms with E-state index in [1.807, 2.05) is 13.8 Å². The third-order valence-corrected chi connectivity index (χ3v) is 5.20. The van der Waals surface area contributed by atoms with Gasteiger partial charge in [0.05, 0.1) is 0 Å². The van der Waals surface area contributed by atoms with Gasteiger partial charge in [-0.3, -0.25) is 19.3 Å². The van der Waals surface area contributed by atoms with Crippen molar-refractivity contribution in [1.82, 2.24) is 10.2 Å². The monoisotopic (exact) mass is 423 g/mol. The van der Waals surface area contributed by atoms with Crippen molar-refractivity contribution in [3.63, 3.8) is 0 Å². The fourth-order valence-electron chi connectivity index (χ4n) is 3.39. The standard InChI is InChI=1S/C20H26ClN3O5/c1-4-9-20(10-5-2)18(27)24(19(28)23-20)11-17(26)29-12-16(25)22-15-8-6-7-14(21)13(15)3/h6-8H,4-5,9-12H2,1-3H3,(H,22,25)(H,23,28). The molecule has 29 heavy (non-hydrogen) atoms. The van der Waals surface area contributed by atoms with Crippen LogP contribution < -0.4 is 10.6 Å². The number of imide groups is 1. The highest BCUT2D eigenvalue weighted by Crippen LogP contribution is 2.28. The van der Waals surface area contributed by atoms with Gasteiger partial charge in [0.25, 0.3) is 11.8 Å². The van der Waals surface area contributed by atoms with Crippen LogP contribution in [0.5, 0.6) is 0 Å². The number of urea groups is 1. The quantitative estimate of drug-likeness (QED) is 0.469. The van der Waals surface area contributed by atoms with E-state index in [9.17, 15) is 19.2 Å². The van der Waals surface area contributed by atoms with Gasteiger partial charge in [0.15, 0.2) is 6.61 Å². The minimum atomic E-state index is -0.970. The van der Waals surface area contributed by atoms with E-state index in [1.54, 1.807) is 25.1 Å². The van der Waals surface area contributed by atoms with Crippen LogP contribution in [0.15, 0.2) is 18.2 Å². The molecule has 0 bridgehead atoms. The molecular formula is C20H26ClN3O5. The second kappa shape index (κ2) is 9.73. The molecule has 0 spiro atoms. The number of hydrogen-bond acceptors (Lipinski definition) is 5. The van der Waals surface area contributed by atoms with Crippen LogP contribution in [-0.4, -0.2) is 47.4 Å². The average Bonchev–Trinajstić information content (AvgIpc) is 2.89. The molecule has 1 aromatic carbocycles. The summed E-state index contributed by atoms with van der Waals surface area (Å²) in [6, 6.07) is 4.44. The van der Waals surface area contributed by atoms with Crippen molar-refractivity contribution in [2.45, 2.75) is 52.0 Å². The zero-order chi connectivity index (χ0) is 21.6. The molecule has 9 heteroatoms. The first-order valence-electron chi connectivity index (χ1n) is 9.58. The van der Waals surface area contributed by atoms with E-state index in [0.717, 1.165) is 4.90 Å². The summed E-state index contributed by atoms with van der Waals surface area (Å²) in [6.45, 7) is 4.52. The first kappa shape index (κ1) is 22.7. The third kappa shape index (κ3) is 5.26. The highest BCUT2D eigenvalue weighted by molar-refractivity contribution is 6.31. The lowest BCUT2D eigenvalue weighted by Crippen LogP contribution is -2.47. The van der Waals surface area contributed by atoms with Crippen LogP contribution in [0, 0.1) is 6.92 Å². The molecule has 8 nitrogen and oxygen atoms in total. The number of hydrogen-bond donors (Lipinski definition) is 2. The summed E-state index contributed by atoms with van der Waals surface area (Å²) in [5.41, 5.74) is 0.232. The summed E-state index contributed by atoms with van der Waals surface area (Å²) in [7, 11) is 0. The topological polar surface area (TPSA) is 105 Å². The molecule has 0 aromatic heterocycles. The largest absolute Gasteiger partial charge is 0.454 e. The Morgan fingerprint density at radius 1 is 1.21 bits per heavy atom. The molecule has 0 aliphatic carbocycles. The minimum Gasteiger partial charge on any atom is -0.454 e. The zero-order valence-corrected chi connectivity index (χ0v) is 17.6. The fourth-order valence-corrected chi connectivity index (χ4v) is 3.56. The van der Waals surface area contributed by atoms with Gasteiger partial charge in [0.1, 0.15) is 12.1 Å². The summed E-state index contributed by atoms with van der Waals surface area (Å²) in [5.74, 6) is -1.82. The number of benzene rings is 1. The molecule has 2 N–H and O–H groups in total. The minimum absolute atomic E-state index is 0.429. The van der Waals surface area contributed by atoms with Gasteiger partial charge in [0.2, 0.25) is 0 Å². The van der Waals surface area contributed by atoms with Crippen LogP contribution in [0.4, 0.5) is 10.5 Å². The van der Waals surface area contributed by atoms with Crippen LogP contribution >= 0.6 is 11.6 Å². The molecule has 0 saturated carbocycles. The number of nitrogens with zero attached hydrogens (tertiary/aromatic N) is 1. The highest BCUT2D eigenvalue weighted by Gasteiger charge is 2.50. The van der Waals surface area contributed by atoms with E-state index < -0.39 is 42.5 Å². The molecule has 0 atom stereocenters. The average molecular weight is 424 g/mol. The number of rotatable bonds is 9. The smallest absolute Gasteiger partial charge is 0.326 e. The van der Waals surface area contributed by atoms with Crippen molar-refractivity contribution in [2.75, 3.05) is 18.5 Å². The number of nitrogens with one attached hydrogen (secondary N) is 2. The lowest BCUT2D eigenvalue weighted by Gasteiger charge is -2.25. The van der Waals surface area contributed by atoms with Crippen LogP contribution in [0.3, 0.4) is 0 Å². The van der Waals surface area contributed by atoms with Crippen molar-refractivity contribution in [1.29, 1.82) is 0 Å². The normalized spacial score (nSPS) is 15.2. The number of ether oxygens (including phenoxy) is 1. The number of anilines is 1. The van der Waals surface area contributed by atoms with Gasteiger partial charge >= 0.3 is 12.0 Å². The maximum absolute atomic E-state index is 12.7. The number of halogens is 1. The van der Waals surface area contributed by atoms with Crippen LogP contribution in [0.1, 0.15) is 45.1 Å². The molecular weight excluding hydrogens is 398 g/mol. The molecule has 0 radical (unpaired) electrons. The maximum atomic E-state index is 12.7. The van der Waals surface area contributed by atoms with Crippen LogP contribution in [0.25, 0.3) is 0 Å². The Hall–Kier alpha value is -2.61. The Labute approximate surface area is 174 Å². The van der Waals surface area contributed by atoms with Crippen LogP contribution in [-0.2, 0) is 19.1 Å². The van der Waals surface area contributed by atoms with Crippen molar-refractivity contribution >= 4 is 41.1 Å². The van der Waals surface area contributed by atoms with E-state index >= 15 is 0 Å². The molecule has 158 valence electrons. The summed E-state index contributed by atoms with van der Waals surface area (Å²) in [5, 5.41) is 5.83. The summed E-state index contributed by atoms with van der Waals surface area (Å²) >= 11 is 6.00. The van der Waals surface area contributed by atoms with Gasteiger partial charge in [-0.05, 0) is 37.5 Å². The van der Waals surface area contributed by atoms with E-state index in [2.05, 4.69) is 10.6 Å². The van der Waals surface area contributed by atoms with Gasteiger partial charge < -0.3 is 15.4 Å². The summed E-state index contributed by atoms with van der Waals surface area (Å²) in [4.78, 5) is 50.0. The molecule has 1 heterocycles. The zero-order valence-electron chi connectivity index (χ0n) is 16.8. The van der Waals surface area contributed by atoms with Crippen molar-refractivity contribution in [3.05, 3.63) is 28.8 Å². The predicted octanol–water partition coefficient (Wildman–Crippen LogP) is 3.02. The first-order chi connectivity index (χ1) is 13.7. The Kier molecular flexibility index (Phi) is 7.61. The van der Waals surface area contributed by atoms with E-state index in [1.165, 1.54) is 0 Å². The molecule has 4 amide bonds. The Morgan fingerprint density at radius 2 is 1.86 bits per heavy atom. The van der Waals surface area contributed by atoms with Gasteiger partial charge in [-0.2, -0.15) is 0 Å².